The number of anilines is 1. The fraction of sp³-hybridized carbons (Fsp3) is 0.300. The highest BCUT2D eigenvalue weighted by atomic mass is 32.1. The Morgan fingerprint density at radius 2 is 1.93 bits per heavy atom. The fourth-order valence-corrected chi connectivity index (χ4v) is 4.24. The third-order valence-electron chi connectivity index (χ3n) is 4.29. The number of carbonyl (C=O) groups is 3. The number of carbonyl (C=O) groups excluding carboxylic acids is 3. The number of nitrogens with zero attached hydrogens (tertiary/aromatic N) is 1. The summed E-state index contributed by atoms with van der Waals surface area (Å²) in [6.45, 7) is -0.781. The number of hydrogen-bond acceptors (Lipinski definition) is 6. The second-order valence-corrected chi connectivity index (χ2v) is 7.43. The molecule has 28 heavy (non-hydrogen) atoms. The maximum Gasteiger partial charge on any atom is 0.325 e. The van der Waals surface area contributed by atoms with Crippen molar-refractivity contribution in [3.63, 3.8) is 0 Å². The van der Waals surface area contributed by atoms with Gasteiger partial charge in [-0.3, -0.25) is 14.4 Å². The maximum atomic E-state index is 12.0. The Bertz CT molecular complexity index is 931. The average molecular weight is 397 g/mol. The number of rotatable bonds is 7. The van der Waals surface area contributed by atoms with Gasteiger partial charge in [0.15, 0.2) is 6.61 Å². The van der Waals surface area contributed by atoms with Crippen molar-refractivity contribution in [2.75, 3.05) is 18.5 Å². The molecule has 0 radical (unpaired) electrons. The lowest BCUT2D eigenvalue weighted by atomic mass is 10.1. The molecule has 8 heteroatoms. The molecule has 1 aromatic heterocycles. The zero-order chi connectivity index (χ0) is 19.9. The van der Waals surface area contributed by atoms with Crippen molar-refractivity contribution in [2.45, 2.75) is 25.7 Å². The number of benzene rings is 1. The van der Waals surface area contributed by atoms with E-state index < -0.39 is 18.5 Å². The second kappa shape index (κ2) is 9.15. The summed E-state index contributed by atoms with van der Waals surface area (Å²) in [5.41, 5.74) is 2.36. The Morgan fingerprint density at radius 3 is 2.68 bits per heavy atom. The Hall–Kier alpha value is -3.18. The van der Waals surface area contributed by atoms with Crippen LogP contribution in [0.2, 0.25) is 0 Å². The Labute approximate surface area is 166 Å². The van der Waals surface area contributed by atoms with Gasteiger partial charge < -0.3 is 15.4 Å². The first-order chi connectivity index (χ1) is 13.6. The number of amides is 2. The van der Waals surface area contributed by atoms with E-state index >= 15 is 0 Å². The Balaban J connectivity index is 1.40. The van der Waals surface area contributed by atoms with Crippen LogP contribution >= 0.6 is 11.3 Å². The van der Waals surface area contributed by atoms with Crippen LogP contribution in [0.3, 0.4) is 0 Å². The van der Waals surface area contributed by atoms with Gasteiger partial charge in [0.25, 0.3) is 5.91 Å². The molecule has 0 saturated heterocycles. The molecule has 7 nitrogen and oxygen atoms in total. The molecular weight excluding hydrogens is 378 g/mol. The van der Waals surface area contributed by atoms with Crippen molar-refractivity contribution in [3.05, 3.63) is 51.9 Å². The lowest BCUT2D eigenvalue weighted by molar-refractivity contribution is -0.147. The first-order valence-corrected chi connectivity index (χ1v) is 9.69. The van der Waals surface area contributed by atoms with E-state index in [1.54, 1.807) is 0 Å². The van der Waals surface area contributed by atoms with Crippen molar-refractivity contribution in [1.29, 1.82) is 5.26 Å². The molecule has 0 saturated carbocycles. The molecule has 0 aliphatic heterocycles. The van der Waals surface area contributed by atoms with Gasteiger partial charge >= 0.3 is 5.97 Å². The number of esters is 1. The van der Waals surface area contributed by atoms with Crippen LogP contribution in [0.5, 0.6) is 0 Å². The van der Waals surface area contributed by atoms with E-state index in [0.717, 1.165) is 35.3 Å². The predicted molar refractivity (Wildman–Crippen MR) is 104 cm³/mol. The van der Waals surface area contributed by atoms with E-state index in [1.165, 1.54) is 11.3 Å². The van der Waals surface area contributed by atoms with Crippen LogP contribution in [0, 0.1) is 11.3 Å². The van der Waals surface area contributed by atoms with E-state index in [0.29, 0.717) is 10.6 Å². The molecule has 2 N–H and O–H groups in total. The van der Waals surface area contributed by atoms with Gasteiger partial charge in [0.05, 0.1) is 12.0 Å². The number of hydrogen-bond donors (Lipinski definition) is 2. The summed E-state index contributed by atoms with van der Waals surface area (Å²) in [6.07, 6.45) is 2.96. The van der Waals surface area contributed by atoms with Crippen molar-refractivity contribution >= 4 is 34.1 Å². The van der Waals surface area contributed by atoms with Crippen LogP contribution in [-0.4, -0.2) is 30.9 Å². The first-order valence-electron chi connectivity index (χ1n) is 8.87. The highest BCUT2D eigenvalue weighted by molar-refractivity contribution is 7.16. The number of thiophene rings is 1. The molecule has 0 unspecified atom stereocenters. The van der Waals surface area contributed by atoms with E-state index in [4.69, 9.17) is 4.74 Å². The van der Waals surface area contributed by atoms with Crippen LogP contribution in [0.4, 0.5) is 5.00 Å². The molecule has 0 fully saturated rings. The maximum absolute atomic E-state index is 12.0. The molecule has 0 spiro atoms. The molecule has 1 heterocycles. The summed E-state index contributed by atoms with van der Waals surface area (Å²) in [4.78, 5) is 36.7. The molecular formula is C20H19N3O4S. The summed E-state index contributed by atoms with van der Waals surface area (Å²) >= 11 is 1.40. The minimum absolute atomic E-state index is 0.161. The van der Waals surface area contributed by atoms with Crippen molar-refractivity contribution in [1.82, 2.24) is 5.32 Å². The fourth-order valence-electron chi connectivity index (χ4n) is 2.98. The smallest absolute Gasteiger partial charge is 0.325 e. The van der Waals surface area contributed by atoms with Crippen LogP contribution < -0.4 is 10.6 Å². The third kappa shape index (κ3) is 4.96. The molecule has 1 aliphatic rings. The van der Waals surface area contributed by atoms with Crippen molar-refractivity contribution < 1.29 is 19.1 Å². The molecule has 0 bridgehead atoms. The summed E-state index contributed by atoms with van der Waals surface area (Å²) < 4.78 is 4.88. The number of aryl methyl sites for hydroxylation is 1. The number of fused-ring (bicyclic) bond motifs is 1. The minimum atomic E-state index is -0.703. The van der Waals surface area contributed by atoms with Gasteiger partial charge in [0.2, 0.25) is 5.91 Å². The monoisotopic (exact) mass is 397 g/mol. The summed E-state index contributed by atoms with van der Waals surface area (Å²) in [7, 11) is 0. The second-order valence-electron chi connectivity index (χ2n) is 6.32. The lowest BCUT2D eigenvalue weighted by Gasteiger charge is -2.07. The highest BCUT2D eigenvalue weighted by Crippen LogP contribution is 2.38. The molecule has 1 aromatic carbocycles. The van der Waals surface area contributed by atoms with Gasteiger partial charge in [-0.05, 0) is 30.4 Å². The largest absolute Gasteiger partial charge is 0.454 e. The first kappa shape index (κ1) is 19.6. The Kier molecular flexibility index (Phi) is 6.40. The van der Waals surface area contributed by atoms with Crippen LogP contribution in [0.1, 0.15) is 28.0 Å². The van der Waals surface area contributed by atoms with E-state index in [9.17, 15) is 19.6 Å². The quantitative estimate of drug-likeness (QED) is 0.694. The normalized spacial score (nSPS) is 12.0. The van der Waals surface area contributed by atoms with Gasteiger partial charge in [0.1, 0.15) is 17.6 Å². The van der Waals surface area contributed by atoms with Gasteiger partial charge in [-0.25, -0.2) is 0 Å². The molecule has 2 aromatic rings. The summed E-state index contributed by atoms with van der Waals surface area (Å²) in [5.74, 6) is -1.52. The molecule has 0 atom stereocenters. The topological polar surface area (TPSA) is 108 Å². The zero-order valence-corrected chi connectivity index (χ0v) is 15.9. The van der Waals surface area contributed by atoms with Gasteiger partial charge in [-0.15, -0.1) is 11.3 Å². The van der Waals surface area contributed by atoms with Crippen molar-refractivity contribution in [3.8, 4) is 6.07 Å². The molecule has 3 rings (SSSR count). The lowest BCUT2D eigenvalue weighted by Crippen LogP contribution is -2.33. The number of nitriles is 1. The number of ether oxygens (including phenoxy) is 1. The standard InChI is InChI=1S/C20H19N3O4S/c21-10-15-14-7-4-8-16(14)28-20(15)23-18(25)12-27-19(26)11-22-17(24)9-13-5-2-1-3-6-13/h1-3,5-6H,4,7-9,11-12H2,(H,22,24)(H,23,25). The van der Waals surface area contributed by atoms with Crippen LogP contribution in [0.15, 0.2) is 30.3 Å². The molecule has 144 valence electrons. The zero-order valence-electron chi connectivity index (χ0n) is 15.1. The average Bonchev–Trinajstić information content (AvgIpc) is 3.26. The van der Waals surface area contributed by atoms with Gasteiger partial charge in [-0.2, -0.15) is 5.26 Å². The molecule has 2 amide bonds. The van der Waals surface area contributed by atoms with Crippen LogP contribution in [0.25, 0.3) is 0 Å². The molecule has 1 aliphatic carbocycles. The van der Waals surface area contributed by atoms with E-state index in [-0.39, 0.29) is 18.9 Å². The van der Waals surface area contributed by atoms with E-state index in [1.807, 2.05) is 30.3 Å². The van der Waals surface area contributed by atoms with Gasteiger partial charge in [-0.1, -0.05) is 30.3 Å². The van der Waals surface area contributed by atoms with Crippen molar-refractivity contribution in [2.24, 2.45) is 0 Å². The van der Waals surface area contributed by atoms with E-state index in [2.05, 4.69) is 16.7 Å². The summed E-state index contributed by atoms with van der Waals surface area (Å²) in [6, 6.07) is 11.3. The van der Waals surface area contributed by atoms with Crippen LogP contribution in [-0.2, 0) is 38.4 Å². The predicted octanol–water partition coefficient (Wildman–Crippen LogP) is 1.95. The third-order valence-corrected chi connectivity index (χ3v) is 5.49. The number of nitrogens with one attached hydrogen (secondary N) is 2. The SMILES string of the molecule is N#Cc1c(NC(=O)COC(=O)CNC(=O)Cc2ccccc2)sc2c1CCC2. The van der Waals surface area contributed by atoms with Gasteiger partial charge in [0, 0.05) is 4.88 Å². The highest BCUT2D eigenvalue weighted by Gasteiger charge is 2.23. The Morgan fingerprint density at radius 1 is 1.14 bits per heavy atom. The minimum Gasteiger partial charge on any atom is -0.454 e. The summed E-state index contributed by atoms with van der Waals surface area (Å²) in [5, 5.41) is 14.9.